The fourth-order valence-corrected chi connectivity index (χ4v) is 3.95. The molecule has 0 unspecified atom stereocenters. The number of para-hydroxylation sites is 2. The Morgan fingerprint density at radius 2 is 1.85 bits per heavy atom. The van der Waals surface area contributed by atoms with E-state index in [1.165, 1.54) is 11.8 Å². The van der Waals surface area contributed by atoms with Crippen LogP contribution in [0.1, 0.15) is 31.0 Å². The highest BCUT2D eigenvalue weighted by molar-refractivity contribution is 7.98. The van der Waals surface area contributed by atoms with E-state index < -0.39 is 0 Å². The molecule has 136 valence electrons. The first-order valence-corrected chi connectivity index (χ1v) is 9.77. The molecular formula is C21H19N3O2S. The van der Waals surface area contributed by atoms with E-state index in [0.29, 0.717) is 21.8 Å². The molecule has 2 aromatic carbocycles. The fraction of sp³-hybridized carbons (Fsp3) is 0.190. The average molecular weight is 377 g/mol. The molecule has 4 aromatic rings. The minimum atomic E-state index is -0.0589. The van der Waals surface area contributed by atoms with Gasteiger partial charge in [0, 0.05) is 11.8 Å². The molecule has 0 spiro atoms. The molecule has 4 rings (SSSR count). The lowest BCUT2D eigenvalue weighted by molar-refractivity contribution is 0.414. The van der Waals surface area contributed by atoms with Crippen LogP contribution in [-0.4, -0.2) is 14.7 Å². The smallest absolute Gasteiger partial charge is 0.266 e. The van der Waals surface area contributed by atoms with Gasteiger partial charge in [-0.15, -0.1) is 0 Å². The van der Waals surface area contributed by atoms with Gasteiger partial charge in [0.2, 0.25) is 0 Å². The predicted molar refractivity (Wildman–Crippen MR) is 107 cm³/mol. The monoisotopic (exact) mass is 377 g/mol. The van der Waals surface area contributed by atoms with Gasteiger partial charge in [-0.25, -0.2) is 4.98 Å². The van der Waals surface area contributed by atoms with E-state index in [0.717, 1.165) is 16.9 Å². The summed E-state index contributed by atoms with van der Waals surface area (Å²) in [6.45, 7) is 4.25. The summed E-state index contributed by atoms with van der Waals surface area (Å²) in [5, 5.41) is 5.21. The minimum Gasteiger partial charge on any atom is -0.364 e. The summed E-state index contributed by atoms with van der Waals surface area (Å²) in [6, 6.07) is 17.3. The minimum absolute atomic E-state index is 0.0589. The van der Waals surface area contributed by atoms with Crippen LogP contribution >= 0.6 is 11.8 Å². The lowest BCUT2D eigenvalue weighted by atomic mass is 10.0. The molecule has 0 aliphatic rings. The molecule has 5 nitrogen and oxygen atoms in total. The highest BCUT2D eigenvalue weighted by Crippen LogP contribution is 2.28. The highest BCUT2D eigenvalue weighted by atomic mass is 32.2. The summed E-state index contributed by atoms with van der Waals surface area (Å²) in [6.07, 6.45) is 1.55. The van der Waals surface area contributed by atoms with Crippen molar-refractivity contribution in [3.05, 3.63) is 82.5 Å². The number of thioether (sulfide) groups is 1. The van der Waals surface area contributed by atoms with Gasteiger partial charge >= 0.3 is 0 Å². The van der Waals surface area contributed by atoms with Crippen molar-refractivity contribution >= 4 is 22.7 Å². The van der Waals surface area contributed by atoms with Crippen LogP contribution in [0.4, 0.5) is 0 Å². The molecule has 2 heterocycles. The maximum absolute atomic E-state index is 13.4. The second-order valence-corrected chi connectivity index (χ2v) is 7.49. The van der Waals surface area contributed by atoms with Gasteiger partial charge in [0.25, 0.3) is 5.56 Å². The highest BCUT2D eigenvalue weighted by Gasteiger charge is 2.17. The van der Waals surface area contributed by atoms with Crippen LogP contribution in [0, 0.1) is 0 Å². The predicted octanol–water partition coefficient (Wildman–Crippen LogP) is 4.79. The second-order valence-electron chi connectivity index (χ2n) is 6.55. The van der Waals surface area contributed by atoms with Gasteiger partial charge in [0.15, 0.2) is 5.16 Å². The van der Waals surface area contributed by atoms with Gasteiger partial charge in [-0.1, -0.05) is 61.1 Å². The van der Waals surface area contributed by atoms with Crippen LogP contribution in [0.5, 0.6) is 0 Å². The largest absolute Gasteiger partial charge is 0.364 e. The van der Waals surface area contributed by atoms with E-state index in [9.17, 15) is 4.79 Å². The van der Waals surface area contributed by atoms with Crippen molar-refractivity contribution in [3.8, 4) is 5.69 Å². The quantitative estimate of drug-likeness (QED) is 0.370. The molecule has 0 saturated heterocycles. The summed E-state index contributed by atoms with van der Waals surface area (Å²) in [5.41, 5.74) is 3.43. The topological polar surface area (TPSA) is 60.9 Å². The zero-order valence-corrected chi connectivity index (χ0v) is 15.9. The Morgan fingerprint density at radius 1 is 1.07 bits per heavy atom. The second kappa shape index (κ2) is 7.40. The van der Waals surface area contributed by atoms with E-state index in [4.69, 9.17) is 9.51 Å². The van der Waals surface area contributed by atoms with Crippen LogP contribution in [0.2, 0.25) is 0 Å². The molecule has 6 heteroatoms. The molecule has 0 N–H and O–H groups in total. The third-order valence-corrected chi connectivity index (χ3v) is 5.36. The van der Waals surface area contributed by atoms with E-state index >= 15 is 0 Å². The zero-order chi connectivity index (χ0) is 18.8. The summed E-state index contributed by atoms with van der Waals surface area (Å²) >= 11 is 1.48. The standard InChI is InChI=1S/C21H19N3O2S/c1-14(2)16-7-4-6-10-19(16)24-20(25)17-8-3-5-9-18(17)22-21(24)27-13-15-11-12-26-23-15/h3-12,14H,13H2,1-2H3. The first kappa shape index (κ1) is 17.5. The SMILES string of the molecule is CC(C)c1ccccc1-n1c(SCc2ccon2)nc2ccccc2c1=O. The molecule has 2 aromatic heterocycles. The van der Waals surface area contributed by atoms with Crippen LogP contribution in [-0.2, 0) is 5.75 Å². The lowest BCUT2D eigenvalue weighted by Gasteiger charge is -2.18. The molecule has 0 aliphatic heterocycles. The van der Waals surface area contributed by atoms with Crippen molar-refractivity contribution in [2.24, 2.45) is 0 Å². The molecule has 27 heavy (non-hydrogen) atoms. The fourth-order valence-electron chi connectivity index (χ4n) is 3.05. The Balaban J connectivity index is 1.93. The van der Waals surface area contributed by atoms with Gasteiger partial charge in [0.1, 0.15) is 6.26 Å². The molecule has 0 aliphatic carbocycles. The van der Waals surface area contributed by atoms with Crippen LogP contribution in [0.3, 0.4) is 0 Å². The zero-order valence-electron chi connectivity index (χ0n) is 15.1. The summed E-state index contributed by atoms with van der Waals surface area (Å²) < 4.78 is 6.63. The van der Waals surface area contributed by atoms with Crippen molar-refractivity contribution in [1.82, 2.24) is 14.7 Å². The Labute approximate surface area is 161 Å². The van der Waals surface area contributed by atoms with Gasteiger partial charge < -0.3 is 4.52 Å². The molecule has 0 bridgehead atoms. The maximum atomic E-state index is 13.4. The van der Waals surface area contributed by atoms with Crippen molar-refractivity contribution in [1.29, 1.82) is 0 Å². The maximum Gasteiger partial charge on any atom is 0.266 e. The molecule has 0 atom stereocenters. The molecule has 0 radical (unpaired) electrons. The van der Waals surface area contributed by atoms with E-state index in [2.05, 4.69) is 25.1 Å². The Bertz CT molecular complexity index is 1130. The van der Waals surface area contributed by atoms with Crippen LogP contribution in [0.25, 0.3) is 16.6 Å². The Morgan fingerprint density at radius 3 is 2.63 bits per heavy atom. The summed E-state index contributed by atoms with van der Waals surface area (Å²) in [5.74, 6) is 0.860. The average Bonchev–Trinajstić information content (AvgIpc) is 3.20. The van der Waals surface area contributed by atoms with Gasteiger partial charge in [0.05, 0.1) is 22.3 Å². The number of fused-ring (bicyclic) bond motifs is 1. The van der Waals surface area contributed by atoms with Gasteiger partial charge in [-0.2, -0.15) is 0 Å². The van der Waals surface area contributed by atoms with Crippen molar-refractivity contribution in [2.75, 3.05) is 0 Å². The normalized spacial score (nSPS) is 11.4. The van der Waals surface area contributed by atoms with Crippen molar-refractivity contribution < 1.29 is 4.52 Å². The number of benzene rings is 2. The Hall–Kier alpha value is -2.86. The van der Waals surface area contributed by atoms with Crippen LogP contribution < -0.4 is 5.56 Å². The van der Waals surface area contributed by atoms with Gasteiger partial charge in [-0.05, 0) is 29.7 Å². The third kappa shape index (κ3) is 3.40. The molecule has 0 amide bonds. The lowest BCUT2D eigenvalue weighted by Crippen LogP contribution is -2.23. The van der Waals surface area contributed by atoms with Crippen molar-refractivity contribution in [2.45, 2.75) is 30.7 Å². The number of hydrogen-bond acceptors (Lipinski definition) is 5. The van der Waals surface area contributed by atoms with Gasteiger partial charge in [-0.3, -0.25) is 9.36 Å². The molecule has 0 fully saturated rings. The van der Waals surface area contributed by atoms with E-state index in [1.54, 1.807) is 10.8 Å². The molecular weight excluding hydrogens is 358 g/mol. The summed E-state index contributed by atoms with van der Waals surface area (Å²) in [4.78, 5) is 18.1. The Kier molecular flexibility index (Phi) is 4.81. The van der Waals surface area contributed by atoms with Crippen LogP contribution in [0.15, 0.2) is 75.3 Å². The number of nitrogens with zero attached hydrogens (tertiary/aromatic N) is 3. The first-order chi connectivity index (χ1) is 13.1. The summed E-state index contributed by atoms with van der Waals surface area (Å²) in [7, 11) is 0. The number of rotatable bonds is 5. The molecule has 0 saturated carbocycles. The number of aromatic nitrogens is 3. The van der Waals surface area contributed by atoms with E-state index in [1.807, 2.05) is 48.5 Å². The van der Waals surface area contributed by atoms with Crippen molar-refractivity contribution in [3.63, 3.8) is 0 Å². The number of hydrogen-bond donors (Lipinski definition) is 0. The first-order valence-electron chi connectivity index (χ1n) is 8.78. The van der Waals surface area contributed by atoms with E-state index in [-0.39, 0.29) is 11.5 Å². The third-order valence-electron chi connectivity index (χ3n) is 4.38.